The van der Waals surface area contributed by atoms with E-state index < -0.39 is 27.7 Å². The molecule has 132 valence electrons. The Morgan fingerprint density at radius 2 is 1.88 bits per heavy atom. The number of anilines is 1. The van der Waals surface area contributed by atoms with Crippen molar-refractivity contribution in [3.05, 3.63) is 59.2 Å². The normalized spacial score (nSPS) is 15.4. The first-order valence-electron chi connectivity index (χ1n) is 7.66. The van der Waals surface area contributed by atoms with Gasteiger partial charge in [-0.2, -0.15) is 0 Å². The smallest absolute Gasteiger partial charge is 0.241 e. The van der Waals surface area contributed by atoms with E-state index in [0.29, 0.717) is 24.6 Å². The first kappa shape index (κ1) is 17.5. The third kappa shape index (κ3) is 3.69. The van der Waals surface area contributed by atoms with Crippen LogP contribution in [0.5, 0.6) is 0 Å². The maximum absolute atomic E-state index is 13.8. The molecule has 2 aromatic carbocycles. The predicted octanol–water partition coefficient (Wildman–Crippen LogP) is 2.89. The Hall–Kier alpha value is -2.32. The number of halogens is 2. The zero-order valence-electron chi connectivity index (χ0n) is 13.3. The fourth-order valence-electron chi connectivity index (χ4n) is 2.74. The summed E-state index contributed by atoms with van der Waals surface area (Å²) in [4.78, 5) is 11.4. The lowest BCUT2D eigenvalue weighted by Gasteiger charge is -2.19. The maximum Gasteiger partial charge on any atom is 0.241 e. The Bertz CT molecular complexity index is 945. The van der Waals surface area contributed by atoms with Gasteiger partial charge < -0.3 is 5.32 Å². The second kappa shape index (κ2) is 6.53. The highest BCUT2D eigenvalue weighted by Crippen LogP contribution is 2.26. The van der Waals surface area contributed by atoms with Crippen molar-refractivity contribution in [2.24, 2.45) is 0 Å². The number of amides is 1. The number of rotatable bonds is 4. The van der Waals surface area contributed by atoms with Crippen LogP contribution in [-0.4, -0.2) is 14.3 Å². The Labute approximate surface area is 144 Å². The summed E-state index contributed by atoms with van der Waals surface area (Å²) in [5.74, 6) is -1.65. The molecule has 2 N–H and O–H groups in total. The van der Waals surface area contributed by atoms with Crippen molar-refractivity contribution in [2.45, 2.75) is 30.7 Å². The van der Waals surface area contributed by atoms with Gasteiger partial charge in [0.2, 0.25) is 15.9 Å². The van der Waals surface area contributed by atoms with Crippen LogP contribution in [0.3, 0.4) is 0 Å². The number of hydrogen-bond acceptors (Lipinski definition) is 3. The van der Waals surface area contributed by atoms with Crippen molar-refractivity contribution in [3.8, 4) is 0 Å². The van der Waals surface area contributed by atoms with E-state index in [-0.39, 0.29) is 16.4 Å². The molecule has 3 rings (SSSR count). The summed E-state index contributed by atoms with van der Waals surface area (Å²) in [6.07, 6.45) is 0.744. The van der Waals surface area contributed by atoms with E-state index in [4.69, 9.17) is 0 Å². The summed E-state index contributed by atoms with van der Waals surface area (Å²) in [6.45, 7) is 1.48. The molecule has 0 saturated carbocycles. The average molecular weight is 366 g/mol. The molecule has 1 atom stereocenters. The number of carbonyl (C=O) groups excluding carboxylic acids is 1. The molecule has 1 aliphatic heterocycles. The lowest BCUT2D eigenvalue weighted by Crippen LogP contribution is -2.28. The SMILES string of the molecule is C[C@@H](NS(=O)(=O)c1ccc2c(c1)CCC(=O)N2)c1ccc(F)cc1F. The monoisotopic (exact) mass is 366 g/mol. The quantitative estimate of drug-likeness (QED) is 0.874. The summed E-state index contributed by atoms with van der Waals surface area (Å²) in [5, 5.41) is 2.68. The molecule has 2 aromatic rings. The molecule has 25 heavy (non-hydrogen) atoms. The molecule has 1 heterocycles. The van der Waals surface area contributed by atoms with Gasteiger partial charge in [-0.05, 0) is 43.2 Å². The lowest BCUT2D eigenvalue weighted by atomic mass is 10.0. The van der Waals surface area contributed by atoms with E-state index in [9.17, 15) is 22.0 Å². The number of aryl methyl sites for hydroxylation is 1. The minimum absolute atomic E-state index is 0.0248. The molecule has 0 aliphatic carbocycles. The van der Waals surface area contributed by atoms with Crippen molar-refractivity contribution in [2.75, 3.05) is 5.32 Å². The van der Waals surface area contributed by atoms with E-state index in [1.54, 1.807) is 0 Å². The number of hydrogen-bond donors (Lipinski definition) is 2. The topological polar surface area (TPSA) is 75.3 Å². The van der Waals surface area contributed by atoms with Crippen LogP contribution in [-0.2, 0) is 21.2 Å². The molecular weight excluding hydrogens is 350 g/mol. The van der Waals surface area contributed by atoms with Crippen LogP contribution in [0.15, 0.2) is 41.3 Å². The molecule has 0 bridgehead atoms. The zero-order valence-corrected chi connectivity index (χ0v) is 14.2. The molecule has 1 amide bonds. The minimum atomic E-state index is -3.90. The molecular formula is C17H16F2N2O3S. The summed E-state index contributed by atoms with van der Waals surface area (Å²) in [6, 6.07) is 6.52. The van der Waals surface area contributed by atoms with Crippen molar-refractivity contribution >= 4 is 21.6 Å². The third-order valence-electron chi connectivity index (χ3n) is 4.04. The van der Waals surface area contributed by atoms with Crippen molar-refractivity contribution in [3.63, 3.8) is 0 Å². The van der Waals surface area contributed by atoms with Gasteiger partial charge in [-0.25, -0.2) is 21.9 Å². The van der Waals surface area contributed by atoms with Gasteiger partial charge in [-0.3, -0.25) is 4.79 Å². The first-order chi connectivity index (χ1) is 11.8. The second-order valence-electron chi connectivity index (χ2n) is 5.88. The molecule has 0 radical (unpaired) electrons. The van der Waals surface area contributed by atoms with Gasteiger partial charge in [0.15, 0.2) is 0 Å². The molecule has 1 aliphatic rings. The minimum Gasteiger partial charge on any atom is -0.326 e. The number of nitrogens with one attached hydrogen (secondary N) is 2. The van der Waals surface area contributed by atoms with Gasteiger partial charge in [0.25, 0.3) is 0 Å². The standard InChI is InChI=1S/C17H16F2N2O3S/c1-10(14-5-3-12(18)9-15(14)19)21-25(23,24)13-4-6-16-11(8-13)2-7-17(22)20-16/h3-6,8-10,21H,2,7H2,1H3,(H,20,22)/t10-/m1/s1. The number of carbonyl (C=O) groups is 1. The van der Waals surface area contributed by atoms with Gasteiger partial charge in [0.05, 0.1) is 4.90 Å². The Balaban J connectivity index is 1.85. The summed E-state index contributed by atoms with van der Waals surface area (Å²) in [7, 11) is -3.90. The Kier molecular flexibility index (Phi) is 4.57. The van der Waals surface area contributed by atoms with Crippen molar-refractivity contribution in [1.82, 2.24) is 4.72 Å². The van der Waals surface area contributed by atoms with Gasteiger partial charge in [-0.15, -0.1) is 0 Å². The van der Waals surface area contributed by atoms with Gasteiger partial charge >= 0.3 is 0 Å². The highest BCUT2D eigenvalue weighted by molar-refractivity contribution is 7.89. The first-order valence-corrected chi connectivity index (χ1v) is 9.14. The maximum atomic E-state index is 13.8. The van der Waals surface area contributed by atoms with E-state index >= 15 is 0 Å². The molecule has 0 unspecified atom stereocenters. The van der Waals surface area contributed by atoms with Crippen LogP contribution in [0.4, 0.5) is 14.5 Å². The largest absolute Gasteiger partial charge is 0.326 e. The van der Waals surface area contributed by atoms with E-state index in [1.807, 2.05) is 0 Å². The van der Waals surface area contributed by atoms with Crippen LogP contribution in [0.2, 0.25) is 0 Å². The van der Waals surface area contributed by atoms with Crippen molar-refractivity contribution in [1.29, 1.82) is 0 Å². The van der Waals surface area contributed by atoms with E-state index in [1.165, 1.54) is 31.2 Å². The molecule has 0 spiro atoms. The Morgan fingerprint density at radius 1 is 1.12 bits per heavy atom. The van der Waals surface area contributed by atoms with E-state index in [2.05, 4.69) is 10.0 Å². The van der Waals surface area contributed by atoms with E-state index in [0.717, 1.165) is 11.6 Å². The zero-order chi connectivity index (χ0) is 18.2. The lowest BCUT2D eigenvalue weighted by molar-refractivity contribution is -0.116. The molecule has 8 heteroatoms. The van der Waals surface area contributed by atoms with Crippen LogP contribution < -0.4 is 10.0 Å². The second-order valence-corrected chi connectivity index (χ2v) is 7.59. The van der Waals surface area contributed by atoms with Gasteiger partial charge in [0, 0.05) is 29.8 Å². The summed E-state index contributed by atoms with van der Waals surface area (Å²) < 4.78 is 54.3. The molecule has 5 nitrogen and oxygen atoms in total. The summed E-state index contributed by atoms with van der Waals surface area (Å²) >= 11 is 0. The molecule has 0 fully saturated rings. The molecule has 0 aromatic heterocycles. The predicted molar refractivity (Wildman–Crippen MR) is 88.5 cm³/mol. The van der Waals surface area contributed by atoms with Crippen LogP contribution in [0.25, 0.3) is 0 Å². The number of sulfonamides is 1. The number of benzene rings is 2. The fourth-order valence-corrected chi connectivity index (χ4v) is 4.02. The van der Waals surface area contributed by atoms with Gasteiger partial charge in [-0.1, -0.05) is 6.07 Å². The Morgan fingerprint density at radius 3 is 2.60 bits per heavy atom. The van der Waals surface area contributed by atoms with Crippen LogP contribution in [0, 0.1) is 11.6 Å². The molecule has 0 saturated heterocycles. The van der Waals surface area contributed by atoms with Crippen LogP contribution in [0.1, 0.15) is 30.5 Å². The average Bonchev–Trinajstić information content (AvgIpc) is 2.53. The van der Waals surface area contributed by atoms with Gasteiger partial charge in [0.1, 0.15) is 11.6 Å². The third-order valence-corrected chi connectivity index (χ3v) is 5.58. The highest BCUT2D eigenvalue weighted by Gasteiger charge is 2.23. The fraction of sp³-hybridized carbons (Fsp3) is 0.235. The summed E-state index contributed by atoms with van der Waals surface area (Å²) in [5.41, 5.74) is 1.37. The van der Waals surface area contributed by atoms with Crippen molar-refractivity contribution < 1.29 is 22.0 Å². The van der Waals surface area contributed by atoms with Crippen LogP contribution >= 0.6 is 0 Å². The number of fused-ring (bicyclic) bond motifs is 1. The highest BCUT2D eigenvalue weighted by atomic mass is 32.2.